The van der Waals surface area contributed by atoms with Crippen LogP contribution >= 0.6 is 0 Å². The Balaban J connectivity index is 1.97. The average molecular weight is 414 g/mol. The first kappa shape index (κ1) is 22.2. The second kappa shape index (κ2) is 8.32. The van der Waals surface area contributed by atoms with Crippen molar-refractivity contribution in [2.75, 3.05) is 20.7 Å². The van der Waals surface area contributed by atoms with Gasteiger partial charge in [-0.25, -0.2) is 0 Å². The Hall–Kier alpha value is -1.50. The minimum Gasteiger partial charge on any atom is -0.405 e. The first-order valence-corrected chi connectivity index (χ1v) is 12.3. The van der Waals surface area contributed by atoms with Crippen molar-refractivity contribution >= 4 is 18.7 Å². The van der Waals surface area contributed by atoms with Gasteiger partial charge >= 0.3 is 0 Å². The molecule has 0 spiro atoms. The van der Waals surface area contributed by atoms with Gasteiger partial charge < -0.3 is 14.3 Å². The Bertz CT molecular complexity index is 751. The van der Waals surface area contributed by atoms with Crippen molar-refractivity contribution in [3.63, 3.8) is 0 Å². The number of hydrogen-bond acceptors (Lipinski definition) is 4. The van der Waals surface area contributed by atoms with E-state index in [-0.39, 0.29) is 11.1 Å². The fraction of sp³-hybridized carbons (Fsp3) is 0.500. The molecular weight excluding hydrogens is 378 g/mol. The lowest BCUT2D eigenvalue weighted by molar-refractivity contribution is -0.140. The van der Waals surface area contributed by atoms with Crippen LogP contribution in [0.2, 0.25) is 5.04 Å². The van der Waals surface area contributed by atoms with Gasteiger partial charge in [0.15, 0.2) is 6.29 Å². The molecular formula is C24H35NO3Si. The number of ether oxygens (including phenoxy) is 1. The second-order valence-electron chi connectivity index (χ2n) is 9.54. The highest BCUT2D eigenvalue weighted by molar-refractivity contribution is 6.99. The molecule has 2 aromatic carbocycles. The van der Waals surface area contributed by atoms with Gasteiger partial charge in [-0.1, -0.05) is 81.4 Å². The van der Waals surface area contributed by atoms with Crippen molar-refractivity contribution in [1.82, 2.24) is 4.90 Å². The highest BCUT2D eigenvalue weighted by Gasteiger charge is 2.52. The van der Waals surface area contributed by atoms with Crippen molar-refractivity contribution in [3.05, 3.63) is 60.7 Å². The second-order valence-corrected chi connectivity index (χ2v) is 13.8. The topological polar surface area (TPSA) is 41.9 Å². The lowest BCUT2D eigenvalue weighted by Gasteiger charge is -2.43. The zero-order valence-electron chi connectivity index (χ0n) is 18.6. The van der Waals surface area contributed by atoms with Crippen LogP contribution in [-0.2, 0) is 9.16 Å². The first-order chi connectivity index (χ1) is 13.6. The van der Waals surface area contributed by atoms with Crippen LogP contribution < -0.4 is 10.4 Å². The van der Waals surface area contributed by atoms with E-state index in [2.05, 4.69) is 81.4 Å². The van der Waals surface area contributed by atoms with Gasteiger partial charge in [-0.05, 0) is 42.9 Å². The van der Waals surface area contributed by atoms with Crippen LogP contribution in [0.4, 0.5) is 0 Å². The van der Waals surface area contributed by atoms with Crippen molar-refractivity contribution in [2.24, 2.45) is 0 Å². The Morgan fingerprint density at radius 2 is 1.52 bits per heavy atom. The fourth-order valence-electron chi connectivity index (χ4n) is 4.42. The molecule has 29 heavy (non-hydrogen) atoms. The Morgan fingerprint density at radius 1 is 1.03 bits per heavy atom. The summed E-state index contributed by atoms with van der Waals surface area (Å²) in [6.45, 7) is 9.32. The van der Waals surface area contributed by atoms with Gasteiger partial charge in [0.1, 0.15) is 0 Å². The minimum absolute atomic E-state index is 0.0716. The van der Waals surface area contributed by atoms with E-state index in [1.54, 1.807) is 0 Å². The summed E-state index contributed by atoms with van der Waals surface area (Å²) < 4.78 is 12.9. The van der Waals surface area contributed by atoms with Crippen LogP contribution in [0.25, 0.3) is 0 Å². The van der Waals surface area contributed by atoms with Gasteiger partial charge in [0.05, 0.1) is 18.2 Å². The lowest BCUT2D eigenvalue weighted by atomic mass is 9.96. The number of benzene rings is 2. The predicted octanol–water partition coefficient (Wildman–Crippen LogP) is 2.99. The summed E-state index contributed by atoms with van der Waals surface area (Å²) >= 11 is 0. The number of aliphatic hydroxyl groups excluding tert-OH is 1. The highest BCUT2D eigenvalue weighted by atomic mass is 28.4. The van der Waals surface area contributed by atoms with E-state index in [9.17, 15) is 5.11 Å². The number of aliphatic hydroxyl groups is 1. The normalized spacial score (nSPS) is 25.5. The average Bonchev–Trinajstić information content (AvgIpc) is 2.98. The van der Waals surface area contributed by atoms with E-state index in [1.807, 2.05) is 25.9 Å². The predicted molar refractivity (Wildman–Crippen MR) is 121 cm³/mol. The summed E-state index contributed by atoms with van der Waals surface area (Å²) in [7, 11) is 1.38. The summed E-state index contributed by atoms with van der Waals surface area (Å²) in [6, 6.07) is 21.2. The van der Waals surface area contributed by atoms with Crippen LogP contribution in [0, 0.1) is 0 Å². The van der Waals surface area contributed by atoms with Crippen molar-refractivity contribution in [2.45, 2.75) is 57.1 Å². The molecule has 0 unspecified atom stereocenters. The number of rotatable bonds is 6. The van der Waals surface area contributed by atoms with Gasteiger partial charge in [-0.3, -0.25) is 4.90 Å². The van der Waals surface area contributed by atoms with Gasteiger partial charge in [0.2, 0.25) is 0 Å². The molecule has 1 aliphatic heterocycles. The molecule has 1 fully saturated rings. The standard InChI is InChI=1S/C24H35NO3Si/c1-23(2,3)29(20-13-9-7-10-14-20,21-15-11-8-12-16-21)27-18-19-17-24(4,25(5)6)22(26)28-19/h7-16,19,22,26H,17-18H2,1-6H3/t19-,22-,24+/m0/s1. The first-order valence-electron chi connectivity index (χ1n) is 10.4. The summed E-state index contributed by atoms with van der Waals surface area (Å²) in [6.07, 6.45) is -0.219. The Morgan fingerprint density at radius 3 is 1.90 bits per heavy atom. The van der Waals surface area contributed by atoms with Crippen LogP contribution in [0.5, 0.6) is 0 Å². The fourth-order valence-corrected chi connectivity index (χ4v) is 9.01. The minimum atomic E-state index is -2.59. The van der Waals surface area contributed by atoms with Gasteiger partial charge in [-0.15, -0.1) is 0 Å². The van der Waals surface area contributed by atoms with Gasteiger partial charge in [0, 0.05) is 0 Å². The van der Waals surface area contributed by atoms with Crippen LogP contribution in [0.3, 0.4) is 0 Å². The molecule has 0 radical (unpaired) electrons. The summed E-state index contributed by atoms with van der Waals surface area (Å²) in [4.78, 5) is 2.04. The van der Waals surface area contributed by atoms with Crippen LogP contribution in [0.1, 0.15) is 34.1 Å². The molecule has 0 bridgehead atoms. The molecule has 4 nitrogen and oxygen atoms in total. The third-order valence-electron chi connectivity index (χ3n) is 6.42. The molecule has 1 aliphatic rings. The number of hydrogen-bond donors (Lipinski definition) is 1. The smallest absolute Gasteiger partial charge is 0.261 e. The third-order valence-corrected chi connectivity index (χ3v) is 11.4. The van der Waals surface area contributed by atoms with Crippen LogP contribution in [-0.4, -0.2) is 57.0 Å². The SMILES string of the molecule is CN(C)[C@]1(C)C[C@@H](CO[Si](c2ccccc2)(c2ccccc2)C(C)(C)C)O[C@@H]1O. The van der Waals surface area contributed by atoms with Gasteiger partial charge in [0.25, 0.3) is 8.32 Å². The molecule has 3 atom stereocenters. The molecule has 5 heteroatoms. The van der Waals surface area contributed by atoms with E-state index in [0.29, 0.717) is 6.61 Å². The summed E-state index contributed by atoms with van der Waals surface area (Å²) in [5.41, 5.74) is -0.403. The monoisotopic (exact) mass is 413 g/mol. The van der Waals surface area contributed by atoms with E-state index < -0.39 is 20.1 Å². The van der Waals surface area contributed by atoms with Crippen molar-refractivity contribution < 1.29 is 14.3 Å². The molecule has 1 saturated heterocycles. The zero-order valence-corrected chi connectivity index (χ0v) is 19.6. The van der Waals surface area contributed by atoms with E-state index in [4.69, 9.17) is 9.16 Å². The van der Waals surface area contributed by atoms with Gasteiger partial charge in [-0.2, -0.15) is 0 Å². The summed E-state index contributed by atoms with van der Waals surface area (Å²) in [5.74, 6) is 0. The van der Waals surface area contributed by atoms with E-state index in [0.717, 1.165) is 6.42 Å². The largest absolute Gasteiger partial charge is 0.405 e. The maximum Gasteiger partial charge on any atom is 0.261 e. The number of likely N-dealkylation sites (N-methyl/N-ethyl adjacent to an activating group) is 1. The Labute approximate surface area is 176 Å². The Kier molecular flexibility index (Phi) is 6.37. The molecule has 0 aromatic heterocycles. The molecule has 0 amide bonds. The molecule has 1 heterocycles. The lowest BCUT2D eigenvalue weighted by Crippen LogP contribution is -2.67. The molecule has 3 rings (SSSR count). The highest BCUT2D eigenvalue weighted by Crippen LogP contribution is 2.38. The molecule has 2 aromatic rings. The maximum atomic E-state index is 10.5. The quantitative estimate of drug-likeness (QED) is 0.740. The zero-order chi connectivity index (χ0) is 21.3. The molecule has 158 valence electrons. The van der Waals surface area contributed by atoms with Crippen LogP contribution in [0.15, 0.2) is 60.7 Å². The van der Waals surface area contributed by atoms with Crippen molar-refractivity contribution in [1.29, 1.82) is 0 Å². The molecule has 0 aliphatic carbocycles. The maximum absolute atomic E-state index is 10.5. The molecule has 1 N–H and O–H groups in total. The van der Waals surface area contributed by atoms with Crippen molar-refractivity contribution in [3.8, 4) is 0 Å². The number of nitrogens with zero attached hydrogens (tertiary/aromatic N) is 1. The van der Waals surface area contributed by atoms with E-state index in [1.165, 1.54) is 10.4 Å². The summed E-state index contributed by atoms with van der Waals surface area (Å²) in [5, 5.41) is 12.9. The third kappa shape index (κ3) is 4.07. The molecule has 0 saturated carbocycles. The van der Waals surface area contributed by atoms with E-state index >= 15 is 0 Å².